The molecule has 1 amide bonds. The Kier molecular flexibility index (Phi) is 9.46. The summed E-state index contributed by atoms with van der Waals surface area (Å²) >= 11 is 0. The number of methoxy groups -OCH3 is 1. The summed E-state index contributed by atoms with van der Waals surface area (Å²) in [5, 5.41) is 3.19. The highest BCUT2D eigenvalue weighted by Gasteiger charge is 2.03. The van der Waals surface area contributed by atoms with E-state index in [0.29, 0.717) is 26.2 Å². The third kappa shape index (κ3) is 11.3. The lowest BCUT2D eigenvalue weighted by atomic mass is 10.2. The molecule has 5 heteroatoms. The average molecular weight is 218 g/mol. The van der Waals surface area contributed by atoms with Crippen LogP contribution in [0.2, 0.25) is 0 Å². The van der Waals surface area contributed by atoms with Crippen LogP contribution >= 0.6 is 0 Å². The van der Waals surface area contributed by atoms with E-state index in [1.807, 2.05) is 6.92 Å². The number of amides is 1. The maximum absolute atomic E-state index is 10.6. The summed E-state index contributed by atoms with van der Waals surface area (Å²) in [6.07, 6.45) is 1.30. The van der Waals surface area contributed by atoms with Gasteiger partial charge in [0.25, 0.3) is 0 Å². The maximum atomic E-state index is 10.6. The zero-order valence-corrected chi connectivity index (χ0v) is 9.62. The standard InChI is InChI=1S/C10H22N2O3/c1-9(8-10(11)13)12-4-3-5-15-7-6-14-2/h9,12H,3-8H2,1-2H3,(H2,11,13). The molecule has 5 nitrogen and oxygen atoms in total. The molecule has 1 unspecified atom stereocenters. The van der Waals surface area contributed by atoms with Crippen molar-refractivity contribution < 1.29 is 14.3 Å². The Morgan fingerprint density at radius 3 is 2.73 bits per heavy atom. The quantitative estimate of drug-likeness (QED) is 0.502. The van der Waals surface area contributed by atoms with E-state index in [1.54, 1.807) is 7.11 Å². The van der Waals surface area contributed by atoms with Crippen LogP contribution in [-0.2, 0) is 14.3 Å². The van der Waals surface area contributed by atoms with Crippen LogP contribution in [-0.4, -0.2) is 45.4 Å². The van der Waals surface area contributed by atoms with Gasteiger partial charge in [-0.3, -0.25) is 4.79 Å². The van der Waals surface area contributed by atoms with Crippen molar-refractivity contribution in [1.82, 2.24) is 5.32 Å². The Labute approximate surface area is 91.3 Å². The Morgan fingerprint density at radius 1 is 1.40 bits per heavy atom. The number of rotatable bonds is 10. The first kappa shape index (κ1) is 14.3. The first-order chi connectivity index (χ1) is 7.16. The molecule has 0 aromatic rings. The van der Waals surface area contributed by atoms with E-state index >= 15 is 0 Å². The van der Waals surface area contributed by atoms with Crippen LogP contribution in [0.1, 0.15) is 19.8 Å². The molecule has 0 aromatic carbocycles. The van der Waals surface area contributed by atoms with Crippen molar-refractivity contribution in [3.63, 3.8) is 0 Å². The molecule has 0 aliphatic carbocycles. The molecule has 90 valence electrons. The van der Waals surface area contributed by atoms with Crippen molar-refractivity contribution in [3.05, 3.63) is 0 Å². The molecule has 0 saturated heterocycles. The van der Waals surface area contributed by atoms with Crippen LogP contribution in [0, 0.1) is 0 Å². The Hall–Kier alpha value is -0.650. The monoisotopic (exact) mass is 218 g/mol. The SMILES string of the molecule is COCCOCCCNC(C)CC(N)=O. The smallest absolute Gasteiger partial charge is 0.218 e. The van der Waals surface area contributed by atoms with E-state index in [-0.39, 0.29) is 11.9 Å². The van der Waals surface area contributed by atoms with Gasteiger partial charge < -0.3 is 20.5 Å². The number of nitrogens with two attached hydrogens (primary N) is 1. The predicted octanol–water partition coefficient (Wildman–Crippen LogP) is -0.107. The molecule has 1 atom stereocenters. The molecule has 0 radical (unpaired) electrons. The first-order valence-electron chi connectivity index (χ1n) is 5.25. The van der Waals surface area contributed by atoms with E-state index in [9.17, 15) is 4.79 Å². The second-order valence-corrected chi connectivity index (χ2v) is 3.48. The van der Waals surface area contributed by atoms with Crippen LogP contribution in [0.15, 0.2) is 0 Å². The van der Waals surface area contributed by atoms with Gasteiger partial charge in [0.1, 0.15) is 0 Å². The van der Waals surface area contributed by atoms with Crippen molar-refractivity contribution >= 4 is 5.91 Å². The number of ether oxygens (including phenoxy) is 2. The summed E-state index contributed by atoms with van der Waals surface area (Å²) in [7, 11) is 1.65. The summed E-state index contributed by atoms with van der Waals surface area (Å²) in [5.74, 6) is -0.272. The second-order valence-electron chi connectivity index (χ2n) is 3.48. The van der Waals surface area contributed by atoms with E-state index in [4.69, 9.17) is 15.2 Å². The van der Waals surface area contributed by atoms with E-state index in [0.717, 1.165) is 13.0 Å². The summed E-state index contributed by atoms with van der Waals surface area (Å²) in [5.41, 5.74) is 5.06. The fraction of sp³-hybridized carbons (Fsp3) is 0.900. The average Bonchev–Trinajstić information content (AvgIpc) is 2.15. The first-order valence-corrected chi connectivity index (χ1v) is 5.25. The van der Waals surface area contributed by atoms with Gasteiger partial charge in [-0.1, -0.05) is 0 Å². The molecule has 0 bridgehead atoms. The minimum absolute atomic E-state index is 0.140. The molecule has 0 heterocycles. The van der Waals surface area contributed by atoms with Crippen molar-refractivity contribution in [2.24, 2.45) is 5.73 Å². The molecule has 0 rings (SSSR count). The molecule has 3 N–H and O–H groups in total. The lowest BCUT2D eigenvalue weighted by molar-refractivity contribution is -0.118. The second kappa shape index (κ2) is 9.89. The number of carbonyl (C=O) groups excluding carboxylic acids is 1. The van der Waals surface area contributed by atoms with E-state index in [1.165, 1.54) is 0 Å². The molecular weight excluding hydrogens is 196 g/mol. The van der Waals surface area contributed by atoms with Gasteiger partial charge in [-0.25, -0.2) is 0 Å². The van der Waals surface area contributed by atoms with Crippen LogP contribution in [0.4, 0.5) is 0 Å². The molecular formula is C10H22N2O3. The molecule has 0 aliphatic rings. The minimum atomic E-state index is -0.272. The van der Waals surface area contributed by atoms with Gasteiger partial charge in [0.2, 0.25) is 5.91 Å². The van der Waals surface area contributed by atoms with Gasteiger partial charge in [-0.2, -0.15) is 0 Å². The number of carbonyl (C=O) groups is 1. The van der Waals surface area contributed by atoms with Crippen LogP contribution < -0.4 is 11.1 Å². The van der Waals surface area contributed by atoms with Gasteiger partial charge in [0, 0.05) is 26.2 Å². The number of hydrogen-bond donors (Lipinski definition) is 2. The zero-order valence-electron chi connectivity index (χ0n) is 9.62. The Balaban J connectivity index is 3.13. The summed E-state index contributed by atoms with van der Waals surface area (Å²) in [6, 6.07) is 0.140. The number of primary amides is 1. The number of hydrogen-bond acceptors (Lipinski definition) is 4. The number of nitrogens with one attached hydrogen (secondary N) is 1. The van der Waals surface area contributed by atoms with Crippen molar-refractivity contribution in [2.75, 3.05) is 33.5 Å². The van der Waals surface area contributed by atoms with Crippen LogP contribution in [0.5, 0.6) is 0 Å². The van der Waals surface area contributed by atoms with Gasteiger partial charge in [-0.15, -0.1) is 0 Å². The molecule has 0 saturated carbocycles. The van der Waals surface area contributed by atoms with E-state index < -0.39 is 0 Å². The molecule has 15 heavy (non-hydrogen) atoms. The molecule has 0 fully saturated rings. The highest BCUT2D eigenvalue weighted by molar-refractivity contribution is 5.74. The topological polar surface area (TPSA) is 73.6 Å². The summed E-state index contributed by atoms with van der Waals surface area (Å²) in [6.45, 7) is 4.75. The normalized spacial score (nSPS) is 12.7. The third-order valence-electron chi connectivity index (χ3n) is 1.90. The fourth-order valence-corrected chi connectivity index (χ4v) is 1.14. The Morgan fingerprint density at radius 2 is 2.13 bits per heavy atom. The lowest BCUT2D eigenvalue weighted by Gasteiger charge is -2.11. The van der Waals surface area contributed by atoms with Gasteiger partial charge in [-0.05, 0) is 19.9 Å². The van der Waals surface area contributed by atoms with E-state index in [2.05, 4.69) is 5.32 Å². The largest absolute Gasteiger partial charge is 0.382 e. The van der Waals surface area contributed by atoms with Gasteiger partial charge in [0.05, 0.1) is 13.2 Å². The third-order valence-corrected chi connectivity index (χ3v) is 1.90. The summed E-state index contributed by atoms with van der Waals surface area (Å²) in [4.78, 5) is 10.6. The summed E-state index contributed by atoms with van der Waals surface area (Å²) < 4.78 is 10.1. The maximum Gasteiger partial charge on any atom is 0.218 e. The fourth-order valence-electron chi connectivity index (χ4n) is 1.14. The highest BCUT2D eigenvalue weighted by Crippen LogP contribution is 1.89. The lowest BCUT2D eigenvalue weighted by Crippen LogP contribution is -2.32. The molecule has 0 spiro atoms. The van der Waals surface area contributed by atoms with Crippen LogP contribution in [0.25, 0.3) is 0 Å². The molecule has 0 aromatic heterocycles. The minimum Gasteiger partial charge on any atom is -0.382 e. The molecule has 0 aliphatic heterocycles. The zero-order chi connectivity index (χ0) is 11.5. The van der Waals surface area contributed by atoms with Gasteiger partial charge >= 0.3 is 0 Å². The van der Waals surface area contributed by atoms with Crippen LogP contribution in [0.3, 0.4) is 0 Å². The predicted molar refractivity (Wildman–Crippen MR) is 58.6 cm³/mol. The van der Waals surface area contributed by atoms with Crippen molar-refractivity contribution in [2.45, 2.75) is 25.8 Å². The van der Waals surface area contributed by atoms with Crippen molar-refractivity contribution in [3.8, 4) is 0 Å². The highest BCUT2D eigenvalue weighted by atomic mass is 16.5. The Bertz CT molecular complexity index is 165. The van der Waals surface area contributed by atoms with Gasteiger partial charge in [0.15, 0.2) is 0 Å². The van der Waals surface area contributed by atoms with Crippen molar-refractivity contribution in [1.29, 1.82) is 0 Å².